The summed E-state index contributed by atoms with van der Waals surface area (Å²) in [7, 11) is 0. The number of carbonyl (C=O) groups is 2. The molecule has 3 N–H and O–H groups in total. The number of hydrogen-bond acceptors (Lipinski definition) is 3. The highest BCUT2D eigenvalue weighted by atomic mass is 16.3. The van der Waals surface area contributed by atoms with Gasteiger partial charge in [-0.15, -0.1) is 0 Å². The summed E-state index contributed by atoms with van der Waals surface area (Å²) in [5.41, 5.74) is 2.04. The van der Waals surface area contributed by atoms with E-state index in [1.54, 1.807) is 24.3 Å². The maximum atomic E-state index is 12.6. The predicted octanol–water partition coefficient (Wildman–Crippen LogP) is 3.41. The second-order valence-corrected chi connectivity index (χ2v) is 7.30. The van der Waals surface area contributed by atoms with E-state index in [1.165, 1.54) is 0 Å². The molecule has 148 valence electrons. The fraction of sp³-hybridized carbons (Fsp3) is 0.364. The first kappa shape index (κ1) is 19.9. The van der Waals surface area contributed by atoms with Crippen LogP contribution in [0.5, 0.6) is 0 Å². The number of anilines is 1. The molecule has 0 spiro atoms. The summed E-state index contributed by atoms with van der Waals surface area (Å²) in [6.07, 6.45) is 2.08. The molecule has 0 unspecified atom stereocenters. The van der Waals surface area contributed by atoms with Gasteiger partial charge in [0.05, 0.1) is 12.6 Å². The fourth-order valence-corrected chi connectivity index (χ4v) is 3.34. The van der Waals surface area contributed by atoms with Crippen molar-refractivity contribution in [3.63, 3.8) is 0 Å². The van der Waals surface area contributed by atoms with Crippen LogP contribution in [-0.2, 0) is 0 Å². The molecule has 3 rings (SSSR count). The molecule has 6 heteroatoms. The monoisotopic (exact) mass is 381 g/mol. The summed E-state index contributed by atoms with van der Waals surface area (Å²) in [5, 5.41) is 15.0. The highest BCUT2D eigenvalue weighted by molar-refractivity contribution is 5.95. The van der Waals surface area contributed by atoms with E-state index in [-0.39, 0.29) is 12.5 Å². The number of likely N-dealkylation sites (tertiary alicyclic amines) is 1. The van der Waals surface area contributed by atoms with Gasteiger partial charge >= 0.3 is 6.03 Å². The number of hydrogen-bond donors (Lipinski definition) is 3. The summed E-state index contributed by atoms with van der Waals surface area (Å²) in [4.78, 5) is 26.7. The van der Waals surface area contributed by atoms with Crippen molar-refractivity contribution in [2.24, 2.45) is 5.92 Å². The number of aliphatic hydroxyl groups is 1. The van der Waals surface area contributed by atoms with Gasteiger partial charge < -0.3 is 20.6 Å². The molecular formula is C22H27N3O3. The largest absolute Gasteiger partial charge is 0.394 e. The molecule has 3 amide bonds. The van der Waals surface area contributed by atoms with Crippen molar-refractivity contribution >= 4 is 17.6 Å². The highest BCUT2D eigenvalue weighted by Crippen LogP contribution is 2.19. The molecule has 0 bridgehead atoms. The van der Waals surface area contributed by atoms with E-state index < -0.39 is 12.1 Å². The third kappa shape index (κ3) is 5.10. The number of carbonyl (C=O) groups excluding carboxylic acids is 2. The minimum absolute atomic E-state index is 0.0346. The van der Waals surface area contributed by atoms with Crippen LogP contribution in [0.1, 0.15) is 41.7 Å². The van der Waals surface area contributed by atoms with Crippen molar-refractivity contribution in [3.8, 4) is 0 Å². The van der Waals surface area contributed by atoms with Gasteiger partial charge in [-0.25, -0.2) is 4.79 Å². The zero-order valence-corrected chi connectivity index (χ0v) is 16.1. The SMILES string of the molecule is CC1CCN(C(=O)c2ccc(NC(=O)N[C@H](CO)c3ccccc3)cc2)CC1. The van der Waals surface area contributed by atoms with E-state index in [0.29, 0.717) is 17.2 Å². The van der Waals surface area contributed by atoms with Gasteiger partial charge in [0, 0.05) is 24.3 Å². The van der Waals surface area contributed by atoms with Crippen LogP contribution in [0.3, 0.4) is 0 Å². The van der Waals surface area contributed by atoms with Crippen LogP contribution in [0.15, 0.2) is 54.6 Å². The molecule has 6 nitrogen and oxygen atoms in total. The Hall–Kier alpha value is -2.86. The first-order valence-electron chi connectivity index (χ1n) is 9.69. The van der Waals surface area contributed by atoms with E-state index in [0.717, 1.165) is 31.5 Å². The van der Waals surface area contributed by atoms with Gasteiger partial charge in [-0.1, -0.05) is 37.3 Å². The quantitative estimate of drug-likeness (QED) is 0.742. The summed E-state index contributed by atoms with van der Waals surface area (Å²) >= 11 is 0. The highest BCUT2D eigenvalue weighted by Gasteiger charge is 2.21. The molecule has 1 atom stereocenters. The lowest BCUT2D eigenvalue weighted by Gasteiger charge is -2.30. The molecule has 0 aromatic heterocycles. The van der Waals surface area contributed by atoms with Gasteiger partial charge in [0.25, 0.3) is 5.91 Å². The van der Waals surface area contributed by atoms with Crippen molar-refractivity contribution < 1.29 is 14.7 Å². The number of urea groups is 1. The molecule has 1 heterocycles. The summed E-state index contributed by atoms with van der Waals surface area (Å²) in [5.74, 6) is 0.708. The Bertz CT molecular complexity index is 784. The predicted molar refractivity (Wildman–Crippen MR) is 109 cm³/mol. The Kier molecular flexibility index (Phi) is 6.66. The number of nitrogens with one attached hydrogen (secondary N) is 2. The van der Waals surface area contributed by atoms with E-state index in [1.807, 2.05) is 35.2 Å². The summed E-state index contributed by atoms with van der Waals surface area (Å²) in [6, 6.07) is 15.3. The third-order valence-electron chi connectivity index (χ3n) is 5.15. The molecule has 28 heavy (non-hydrogen) atoms. The van der Waals surface area contributed by atoms with E-state index in [4.69, 9.17) is 0 Å². The second-order valence-electron chi connectivity index (χ2n) is 7.30. The van der Waals surface area contributed by atoms with Gasteiger partial charge in [-0.2, -0.15) is 0 Å². The maximum Gasteiger partial charge on any atom is 0.319 e. The van der Waals surface area contributed by atoms with Gasteiger partial charge in [0.1, 0.15) is 0 Å². The average molecular weight is 381 g/mol. The molecule has 0 aliphatic carbocycles. The second kappa shape index (κ2) is 9.37. The van der Waals surface area contributed by atoms with E-state index >= 15 is 0 Å². The number of amides is 3. The van der Waals surface area contributed by atoms with Crippen LogP contribution in [0, 0.1) is 5.92 Å². The minimum atomic E-state index is -0.483. The molecule has 1 aliphatic rings. The van der Waals surface area contributed by atoms with E-state index in [9.17, 15) is 14.7 Å². The van der Waals surface area contributed by atoms with Gasteiger partial charge in [0.2, 0.25) is 0 Å². The molecule has 0 radical (unpaired) electrons. The lowest BCUT2D eigenvalue weighted by Crippen LogP contribution is -2.37. The van der Waals surface area contributed by atoms with Crippen molar-refractivity contribution in [1.82, 2.24) is 10.2 Å². The van der Waals surface area contributed by atoms with Crippen molar-refractivity contribution in [3.05, 3.63) is 65.7 Å². The van der Waals surface area contributed by atoms with Gasteiger partial charge in [0.15, 0.2) is 0 Å². The molecule has 2 aromatic rings. The molecule has 1 aliphatic heterocycles. The third-order valence-corrected chi connectivity index (χ3v) is 5.15. The first-order valence-corrected chi connectivity index (χ1v) is 9.69. The lowest BCUT2D eigenvalue weighted by atomic mass is 9.98. The van der Waals surface area contributed by atoms with Gasteiger partial charge in [-0.3, -0.25) is 4.79 Å². The van der Waals surface area contributed by atoms with Crippen molar-refractivity contribution in [2.75, 3.05) is 25.0 Å². The molecule has 1 fully saturated rings. The van der Waals surface area contributed by atoms with Crippen molar-refractivity contribution in [1.29, 1.82) is 0 Å². The molecule has 2 aromatic carbocycles. The van der Waals surface area contributed by atoms with Crippen LogP contribution in [0.2, 0.25) is 0 Å². The van der Waals surface area contributed by atoms with Crippen LogP contribution in [0.4, 0.5) is 10.5 Å². The Balaban J connectivity index is 1.56. The Labute approximate surface area is 165 Å². The van der Waals surface area contributed by atoms with Crippen molar-refractivity contribution in [2.45, 2.75) is 25.8 Å². The molecule has 1 saturated heterocycles. The van der Waals surface area contributed by atoms with Crippen LogP contribution in [0.25, 0.3) is 0 Å². The average Bonchev–Trinajstić information content (AvgIpc) is 2.73. The molecule has 0 saturated carbocycles. The number of nitrogens with zero attached hydrogens (tertiary/aromatic N) is 1. The first-order chi connectivity index (χ1) is 13.6. The maximum absolute atomic E-state index is 12.6. The van der Waals surface area contributed by atoms with Crippen LogP contribution in [-0.4, -0.2) is 41.6 Å². The fourth-order valence-electron chi connectivity index (χ4n) is 3.34. The number of aliphatic hydroxyl groups excluding tert-OH is 1. The Morgan fingerprint density at radius 1 is 1.07 bits per heavy atom. The lowest BCUT2D eigenvalue weighted by molar-refractivity contribution is 0.0697. The number of benzene rings is 2. The summed E-state index contributed by atoms with van der Waals surface area (Å²) < 4.78 is 0. The smallest absolute Gasteiger partial charge is 0.319 e. The normalized spacial score (nSPS) is 15.7. The number of rotatable bonds is 5. The zero-order valence-electron chi connectivity index (χ0n) is 16.1. The van der Waals surface area contributed by atoms with E-state index in [2.05, 4.69) is 17.6 Å². The topological polar surface area (TPSA) is 81.7 Å². The van der Waals surface area contributed by atoms with Crippen LogP contribution >= 0.6 is 0 Å². The standard InChI is InChI=1S/C22H27N3O3/c1-16-11-13-25(14-12-16)21(27)18-7-9-19(10-8-18)23-22(28)24-20(15-26)17-5-3-2-4-6-17/h2-10,16,20,26H,11-15H2,1H3,(H2,23,24,28)/t20-/m1/s1. The Morgan fingerprint density at radius 2 is 1.71 bits per heavy atom. The van der Waals surface area contributed by atoms with Gasteiger partial charge in [-0.05, 0) is 48.6 Å². The Morgan fingerprint density at radius 3 is 2.32 bits per heavy atom. The number of piperidine rings is 1. The minimum Gasteiger partial charge on any atom is -0.394 e. The summed E-state index contributed by atoms with van der Waals surface area (Å²) in [6.45, 7) is 3.61. The van der Waals surface area contributed by atoms with Crippen LogP contribution < -0.4 is 10.6 Å². The zero-order chi connectivity index (χ0) is 19.9. The molecular weight excluding hydrogens is 354 g/mol.